The molecule has 3 heterocycles. The highest BCUT2D eigenvalue weighted by atomic mass is 16.5. The fourth-order valence-electron chi connectivity index (χ4n) is 4.08. The number of nitrogens with one attached hydrogen (secondary N) is 1. The number of amides is 2. The molecule has 2 amide bonds. The highest BCUT2D eigenvalue weighted by Gasteiger charge is 2.29. The van der Waals surface area contributed by atoms with Crippen LogP contribution in [0.5, 0.6) is 0 Å². The number of H-pyrrole nitrogens is 1. The fourth-order valence-corrected chi connectivity index (χ4v) is 4.08. The van der Waals surface area contributed by atoms with Gasteiger partial charge in [-0.25, -0.2) is 0 Å². The Bertz CT molecular complexity index is 1170. The molecular formula is C23H26N4O4. The van der Waals surface area contributed by atoms with Gasteiger partial charge in [-0.15, -0.1) is 0 Å². The minimum Gasteiger partial charge on any atom is -0.377 e. The Morgan fingerprint density at radius 1 is 1.19 bits per heavy atom. The number of rotatable bonds is 4. The van der Waals surface area contributed by atoms with Crippen molar-refractivity contribution in [2.45, 2.75) is 12.5 Å². The van der Waals surface area contributed by atoms with Crippen LogP contribution in [0.1, 0.15) is 26.3 Å². The molecule has 1 aliphatic rings. The van der Waals surface area contributed by atoms with Gasteiger partial charge in [0, 0.05) is 62.6 Å². The van der Waals surface area contributed by atoms with E-state index in [2.05, 4.69) is 4.98 Å². The molecule has 1 fully saturated rings. The number of hydrogen-bond acceptors (Lipinski definition) is 4. The smallest absolute Gasteiger partial charge is 0.255 e. The van der Waals surface area contributed by atoms with Crippen LogP contribution in [0.25, 0.3) is 10.9 Å². The standard InChI is InChI=1S/C23H26N4O4/c1-25(2)22(29)15-4-6-20-19(11-15)17(13-26(20)3)10-18-14-31-9-8-27(18)23(30)16-5-7-21(28)24-12-16/h4-7,11-13,18H,8-10,14H2,1-3H3,(H,24,28)/t18-/m0/s1. The number of fused-ring (bicyclic) bond motifs is 1. The van der Waals surface area contributed by atoms with Gasteiger partial charge in [0.15, 0.2) is 0 Å². The van der Waals surface area contributed by atoms with Crippen LogP contribution in [0.4, 0.5) is 0 Å². The van der Waals surface area contributed by atoms with E-state index in [1.54, 1.807) is 25.1 Å². The molecule has 1 aliphatic heterocycles. The maximum atomic E-state index is 13.1. The average Bonchev–Trinajstić information content (AvgIpc) is 3.08. The van der Waals surface area contributed by atoms with Crippen molar-refractivity contribution in [1.82, 2.24) is 19.4 Å². The van der Waals surface area contributed by atoms with Crippen LogP contribution in [-0.2, 0) is 18.2 Å². The number of morpholine rings is 1. The van der Waals surface area contributed by atoms with E-state index in [1.165, 1.54) is 12.3 Å². The lowest BCUT2D eigenvalue weighted by molar-refractivity contribution is -0.00158. The van der Waals surface area contributed by atoms with Crippen molar-refractivity contribution in [3.05, 3.63) is 69.8 Å². The van der Waals surface area contributed by atoms with E-state index in [0.717, 1.165) is 16.5 Å². The third kappa shape index (κ3) is 4.11. The monoisotopic (exact) mass is 422 g/mol. The maximum absolute atomic E-state index is 13.1. The number of ether oxygens (including phenoxy) is 1. The molecular weight excluding hydrogens is 396 g/mol. The first-order valence-electron chi connectivity index (χ1n) is 10.2. The lowest BCUT2D eigenvalue weighted by Gasteiger charge is -2.35. The van der Waals surface area contributed by atoms with Gasteiger partial charge in [0.1, 0.15) is 0 Å². The molecule has 1 atom stereocenters. The van der Waals surface area contributed by atoms with Gasteiger partial charge >= 0.3 is 0 Å². The summed E-state index contributed by atoms with van der Waals surface area (Å²) in [5.74, 6) is -0.180. The van der Waals surface area contributed by atoms with Crippen LogP contribution < -0.4 is 5.56 Å². The van der Waals surface area contributed by atoms with Crippen molar-refractivity contribution in [2.75, 3.05) is 33.9 Å². The molecule has 4 rings (SSSR count). The van der Waals surface area contributed by atoms with E-state index < -0.39 is 0 Å². The molecule has 1 saturated heterocycles. The third-order valence-electron chi connectivity index (χ3n) is 5.70. The third-order valence-corrected chi connectivity index (χ3v) is 5.70. The first-order chi connectivity index (χ1) is 14.8. The minimum atomic E-state index is -0.242. The molecule has 162 valence electrons. The van der Waals surface area contributed by atoms with E-state index in [1.807, 2.05) is 40.9 Å². The summed E-state index contributed by atoms with van der Waals surface area (Å²) in [5.41, 5.74) is 2.92. The number of carbonyl (C=O) groups is 2. The van der Waals surface area contributed by atoms with E-state index in [4.69, 9.17) is 4.74 Å². The predicted octanol–water partition coefficient (Wildman–Crippen LogP) is 1.65. The molecule has 3 aromatic rings. The van der Waals surface area contributed by atoms with Crippen molar-refractivity contribution in [1.29, 1.82) is 0 Å². The number of nitrogens with zero attached hydrogens (tertiary/aromatic N) is 3. The van der Waals surface area contributed by atoms with Gasteiger partial charge < -0.3 is 24.1 Å². The molecule has 8 nitrogen and oxygen atoms in total. The second-order valence-electron chi connectivity index (χ2n) is 8.07. The Morgan fingerprint density at radius 3 is 2.68 bits per heavy atom. The van der Waals surface area contributed by atoms with Gasteiger partial charge in [-0.05, 0) is 36.2 Å². The van der Waals surface area contributed by atoms with Gasteiger partial charge in [0.05, 0.1) is 24.8 Å². The molecule has 0 aliphatic carbocycles. The summed E-state index contributed by atoms with van der Waals surface area (Å²) in [4.78, 5) is 42.8. The number of aromatic amines is 1. The molecule has 2 aromatic heterocycles. The Kier molecular flexibility index (Phi) is 5.65. The second-order valence-corrected chi connectivity index (χ2v) is 8.07. The number of aromatic nitrogens is 2. The normalized spacial score (nSPS) is 16.5. The molecule has 0 radical (unpaired) electrons. The number of pyridine rings is 1. The summed E-state index contributed by atoms with van der Waals surface area (Å²) in [5, 5.41) is 0.997. The quantitative estimate of drug-likeness (QED) is 0.693. The highest BCUT2D eigenvalue weighted by Crippen LogP contribution is 2.26. The molecule has 0 unspecified atom stereocenters. The summed E-state index contributed by atoms with van der Waals surface area (Å²) in [6.07, 6.45) is 4.10. The Hall–Kier alpha value is -3.39. The van der Waals surface area contributed by atoms with E-state index in [0.29, 0.717) is 37.3 Å². The van der Waals surface area contributed by atoms with Crippen molar-refractivity contribution >= 4 is 22.7 Å². The molecule has 0 saturated carbocycles. The van der Waals surface area contributed by atoms with Crippen LogP contribution in [-0.4, -0.2) is 71.1 Å². The van der Waals surface area contributed by atoms with E-state index >= 15 is 0 Å². The lowest BCUT2D eigenvalue weighted by Crippen LogP contribution is -2.49. The van der Waals surface area contributed by atoms with E-state index in [-0.39, 0.29) is 23.4 Å². The van der Waals surface area contributed by atoms with Crippen molar-refractivity contribution in [2.24, 2.45) is 7.05 Å². The predicted molar refractivity (Wildman–Crippen MR) is 117 cm³/mol. The Morgan fingerprint density at radius 2 is 1.97 bits per heavy atom. The van der Waals surface area contributed by atoms with Crippen molar-refractivity contribution in [3.8, 4) is 0 Å². The molecule has 1 aromatic carbocycles. The fraction of sp³-hybridized carbons (Fsp3) is 0.348. The summed E-state index contributed by atoms with van der Waals surface area (Å²) in [6.45, 7) is 1.39. The first kappa shape index (κ1) is 20.9. The molecule has 31 heavy (non-hydrogen) atoms. The highest BCUT2D eigenvalue weighted by molar-refractivity contribution is 5.99. The SMILES string of the molecule is CN(C)C(=O)c1ccc2c(c1)c(C[C@H]1COCCN1C(=O)c1ccc(=O)[nH]c1)cn2C. The molecule has 0 spiro atoms. The first-order valence-corrected chi connectivity index (χ1v) is 10.2. The van der Waals surface area contributed by atoms with Gasteiger partial charge in [0.2, 0.25) is 5.56 Å². The van der Waals surface area contributed by atoms with Crippen LogP contribution in [0.3, 0.4) is 0 Å². The van der Waals surface area contributed by atoms with Crippen molar-refractivity contribution in [3.63, 3.8) is 0 Å². The zero-order valence-corrected chi connectivity index (χ0v) is 17.9. The zero-order chi connectivity index (χ0) is 22.1. The number of benzene rings is 1. The lowest BCUT2D eigenvalue weighted by atomic mass is 10.0. The van der Waals surface area contributed by atoms with Crippen LogP contribution in [0, 0.1) is 0 Å². The minimum absolute atomic E-state index is 0.0485. The summed E-state index contributed by atoms with van der Waals surface area (Å²) < 4.78 is 7.72. The average molecular weight is 422 g/mol. The number of carbonyl (C=O) groups excluding carboxylic acids is 2. The summed E-state index contributed by atoms with van der Waals surface area (Å²) >= 11 is 0. The topological polar surface area (TPSA) is 87.6 Å². The maximum Gasteiger partial charge on any atom is 0.255 e. The Balaban J connectivity index is 1.65. The molecule has 1 N–H and O–H groups in total. The van der Waals surface area contributed by atoms with Crippen molar-refractivity contribution < 1.29 is 14.3 Å². The van der Waals surface area contributed by atoms with Gasteiger partial charge in [-0.1, -0.05) is 0 Å². The Labute approximate surface area is 180 Å². The van der Waals surface area contributed by atoms with Gasteiger partial charge in [-0.3, -0.25) is 14.4 Å². The van der Waals surface area contributed by atoms with Gasteiger partial charge in [-0.2, -0.15) is 0 Å². The number of hydrogen-bond donors (Lipinski definition) is 1. The van der Waals surface area contributed by atoms with E-state index in [9.17, 15) is 14.4 Å². The summed E-state index contributed by atoms with van der Waals surface area (Å²) in [7, 11) is 5.44. The number of aryl methyl sites for hydroxylation is 1. The van der Waals surface area contributed by atoms with Gasteiger partial charge in [0.25, 0.3) is 11.8 Å². The van der Waals surface area contributed by atoms with Crippen LogP contribution in [0.2, 0.25) is 0 Å². The molecule has 0 bridgehead atoms. The zero-order valence-electron chi connectivity index (χ0n) is 17.9. The summed E-state index contributed by atoms with van der Waals surface area (Å²) in [6, 6.07) is 8.47. The van der Waals surface area contributed by atoms with Crippen LogP contribution in [0.15, 0.2) is 47.5 Å². The molecule has 8 heteroatoms. The largest absolute Gasteiger partial charge is 0.377 e. The van der Waals surface area contributed by atoms with Crippen LogP contribution >= 0.6 is 0 Å². The second kappa shape index (κ2) is 8.39.